The van der Waals surface area contributed by atoms with Crippen molar-refractivity contribution >= 4 is 23.2 Å². The number of hydrogen-bond donors (Lipinski definition) is 0. The number of nitrogens with zero attached hydrogens (tertiary/aromatic N) is 4. The second-order valence-electron chi connectivity index (χ2n) is 6.99. The summed E-state index contributed by atoms with van der Waals surface area (Å²) in [6.45, 7) is 4.02. The molecule has 4 aromatic rings. The first kappa shape index (κ1) is 19.8. The third kappa shape index (κ3) is 3.97. The molecule has 0 amide bonds. The van der Waals surface area contributed by atoms with Crippen LogP contribution in [0.3, 0.4) is 0 Å². The number of esters is 1. The van der Waals surface area contributed by atoms with E-state index in [0.717, 1.165) is 11.1 Å². The van der Waals surface area contributed by atoms with Gasteiger partial charge in [0.05, 0.1) is 17.9 Å². The van der Waals surface area contributed by atoms with Crippen molar-refractivity contribution in [2.24, 2.45) is 0 Å². The molecule has 8 heteroatoms. The molecule has 30 heavy (non-hydrogen) atoms. The van der Waals surface area contributed by atoms with E-state index in [0.29, 0.717) is 23.6 Å². The Morgan fingerprint density at radius 3 is 2.67 bits per heavy atom. The molecule has 0 unspecified atom stereocenters. The quantitative estimate of drug-likeness (QED) is 0.459. The van der Waals surface area contributed by atoms with E-state index in [1.54, 1.807) is 36.0 Å². The van der Waals surface area contributed by atoms with Gasteiger partial charge in [-0.25, -0.2) is 14.5 Å². The number of carbonyl (C=O) groups excluding carboxylic acids is 1. The summed E-state index contributed by atoms with van der Waals surface area (Å²) >= 11 is 6.42. The van der Waals surface area contributed by atoms with Gasteiger partial charge in [-0.05, 0) is 31.5 Å². The molecule has 0 radical (unpaired) electrons. The fourth-order valence-corrected chi connectivity index (χ4v) is 3.46. The number of ether oxygens (including phenoxy) is 1. The Kier molecular flexibility index (Phi) is 5.37. The zero-order valence-corrected chi connectivity index (χ0v) is 17.3. The zero-order chi connectivity index (χ0) is 21.3. The number of rotatable bonds is 5. The molecule has 1 aromatic carbocycles. The van der Waals surface area contributed by atoms with Gasteiger partial charge in [0, 0.05) is 12.3 Å². The third-order valence-corrected chi connectivity index (χ3v) is 5.08. The fraction of sp³-hybridized carbons (Fsp3) is 0.182. The monoisotopic (exact) mass is 422 g/mol. The van der Waals surface area contributed by atoms with Gasteiger partial charge in [0.25, 0.3) is 5.56 Å². The van der Waals surface area contributed by atoms with E-state index in [4.69, 9.17) is 16.3 Å². The number of aromatic nitrogens is 4. The van der Waals surface area contributed by atoms with Crippen molar-refractivity contribution in [1.29, 1.82) is 0 Å². The average molecular weight is 423 g/mol. The van der Waals surface area contributed by atoms with Crippen molar-refractivity contribution < 1.29 is 9.53 Å². The highest BCUT2D eigenvalue weighted by Gasteiger charge is 2.22. The van der Waals surface area contributed by atoms with E-state index in [2.05, 4.69) is 10.1 Å². The van der Waals surface area contributed by atoms with Gasteiger partial charge >= 0.3 is 5.97 Å². The standard InChI is InChI=1S/C22H19ClN4O3/c1-14-6-8-16(9-7-14)12-27-21(23)20(15(2)25-27)22(29)30-13-17-11-19(28)26-10-4-3-5-18(26)24-17/h3-11H,12-13H2,1-2H3. The number of carbonyl (C=O) groups is 1. The average Bonchev–Trinajstić information content (AvgIpc) is 3.01. The number of hydrogen-bond acceptors (Lipinski definition) is 5. The van der Waals surface area contributed by atoms with Crippen LogP contribution >= 0.6 is 11.6 Å². The van der Waals surface area contributed by atoms with Crippen LogP contribution in [-0.2, 0) is 17.9 Å². The second-order valence-corrected chi connectivity index (χ2v) is 7.34. The molecule has 152 valence electrons. The highest BCUT2D eigenvalue weighted by molar-refractivity contribution is 6.32. The Morgan fingerprint density at radius 1 is 1.13 bits per heavy atom. The third-order valence-electron chi connectivity index (χ3n) is 4.70. The molecule has 0 saturated carbocycles. The molecule has 3 heterocycles. The molecule has 4 rings (SSSR count). The number of aryl methyl sites for hydroxylation is 2. The van der Waals surface area contributed by atoms with Crippen molar-refractivity contribution in [3.63, 3.8) is 0 Å². The van der Waals surface area contributed by atoms with Gasteiger partial charge in [0.1, 0.15) is 23.0 Å². The SMILES string of the molecule is Cc1ccc(Cn2nc(C)c(C(=O)OCc3cc(=O)n4ccccc4n3)c2Cl)cc1. The van der Waals surface area contributed by atoms with Gasteiger partial charge < -0.3 is 4.74 Å². The van der Waals surface area contributed by atoms with Crippen molar-refractivity contribution in [2.75, 3.05) is 0 Å². The highest BCUT2D eigenvalue weighted by Crippen LogP contribution is 2.22. The Labute approximate surface area is 177 Å². The van der Waals surface area contributed by atoms with Crippen LogP contribution in [0, 0.1) is 13.8 Å². The zero-order valence-electron chi connectivity index (χ0n) is 16.5. The van der Waals surface area contributed by atoms with Crippen LogP contribution in [0.5, 0.6) is 0 Å². The van der Waals surface area contributed by atoms with Crippen LogP contribution in [0.2, 0.25) is 5.15 Å². The first-order valence-corrected chi connectivity index (χ1v) is 9.73. The van der Waals surface area contributed by atoms with Gasteiger partial charge in [0.15, 0.2) is 0 Å². The van der Waals surface area contributed by atoms with Gasteiger partial charge in [-0.15, -0.1) is 0 Å². The molecule has 0 N–H and O–H groups in total. The minimum atomic E-state index is -0.609. The maximum atomic E-state index is 12.6. The van der Waals surface area contributed by atoms with E-state index < -0.39 is 5.97 Å². The predicted molar refractivity (Wildman–Crippen MR) is 113 cm³/mol. The van der Waals surface area contributed by atoms with E-state index in [9.17, 15) is 9.59 Å². The summed E-state index contributed by atoms with van der Waals surface area (Å²) in [5.74, 6) is -0.609. The largest absolute Gasteiger partial charge is 0.455 e. The van der Waals surface area contributed by atoms with Crippen LogP contribution in [0.4, 0.5) is 0 Å². The summed E-state index contributed by atoms with van der Waals surface area (Å²) < 4.78 is 8.36. The first-order valence-electron chi connectivity index (χ1n) is 9.35. The maximum Gasteiger partial charge on any atom is 0.343 e. The molecule has 7 nitrogen and oxygen atoms in total. The lowest BCUT2D eigenvalue weighted by Crippen LogP contribution is -2.16. The Balaban J connectivity index is 1.52. The molecular formula is C22H19ClN4O3. The van der Waals surface area contributed by atoms with Gasteiger partial charge in [0.2, 0.25) is 0 Å². The van der Waals surface area contributed by atoms with Crippen LogP contribution in [0.25, 0.3) is 5.65 Å². The van der Waals surface area contributed by atoms with Crippen LogP contribution < -0.4 is 5.56 Å². The van der Waals surface area contributed by atoms with Crippen molar-refractivity contribution in [3.05, 3.63) is 98.3 Å². The van der Waals surface area contributed by atoms with E-state index >= 15 is 0 Å². The van der Waals surface area contributed by atoms with Crippen molar-refractivity contribution in [1.82, 2.24) is 19.2 Å². The summed E-state index contributed by atoms with van der Waals surface area (Å²) in [6, 6.07) is 14.6. The lowest BCUT2D eigenvalue weighted by atomic mass is 10.1. The highest BCUT2D eigenvalue weighted by atomic mass is 35.5. The second kappa shape index (κ2) is 8.12. The van der Waals surface area contributed by atoms with Crippen LogP contribution in [0.15, 0.2) is 59.5 Å². The fourth-order valence-electron chi connectivity index (χ4n) is 3.15. The molecule has 0 atom stereocenters. The molecule has 0 bridgehead atoms. The smallest absolute Gasteiger partial charge is 0.343 e. The molecule has 0 saturated heterocycles. The van der Waals surface area contributed by atoms with E-state index in [-0.39, 0.29) is 22.9 Å². The maximum absolute atomic E-state index is 12.6. The lowest BCUT2D eigenvalue weighted by molar-refractivity contribution is 0.0467. The summed E-state index contributed by atoms with van der Waals surface area (Å²) in [7, 11) is 0. The molecule has 0 aliphatic rings. The summed E-state index contributed by atoms with van der Waals surface area (Å²) in [6.07, 6.45) is 1.63. The topological polar surface area (TPSA) is 78.5 Å². The summed E-state index contributed by atoms with van der Waals surface area (Å²) in [5, 5.41) is 4.59. The Bertz CT molecular complexity index is 1290. The lowest BCUT2D eigenvalue weighted by Gasteiger charge is -2.07. The Hall–Kier alpha value is -3.45. The van der Waals surface area contributed by atoms with Crippen molar-refractivity contribution in [3.8, 4) is 0 Å². The van der Waals surface area contributed by atoms with Crippen molar-refractivity contribution in [2.45, 2.75) is 27.0 Å². The minimum absolute atomic E-state index is 0.140. The molecule has 0 spiro atoms. The molecule has 3 aromatic heterocycles. The van der Waals surface area contributed by atoms with Gasteiger partial charge in [-0.3, -0.25) is 9.20 Å². The summed E-state index contributed by atoms with van der Waals surface area (Å²) in [5.41, 5.74) is 3.46. The predicted octanol–water partition coefficient (Wildman–Crippen LogP) is 3.57. The number of halogens is 1. The minimum Gasteiger partial charge on any atom is -0.455 e. The normalized spacial score (nSPS) is 11.0. The summed E-state index contributed by atoms with van der Waals surface area (Å²) in [4.78, 5) is 29.2. The molecule has 0 aliphatic heterocycles. The van der Waals surface area contributed by atoms with Gasteiger partial charge in [-0.1, -0.05) is 47.5 Å². The Morgan fingerprint density at radius 2 is 1.90 bits per heavy atom. The molecule has 0 fully saturated rings. The first-order chi connectivity index (χ1) is 14.4. The van der Waals surface area contributed by atoms with Crippen LogP contribution in [0.1, 0.15) is 32.9 Å². The number of fused-ring (bicyclic) bond motifs is 1. The van der Waals surface area contributed by atoms with E-state index in [1.807, 2.05) is 31.2 Å². The van der Waals surface area contributed by atoms with Crippen LogP contribution in [-0.4, -0.2) is 25.1 Å². The van der Waals surface area contributed by atoms with Gasteiger partial charge in [-0.2, -0.15) is 5.10 Å². The molecular weight excluding hydrogens is 404 g/mol. The van der Waals surface area contributed by atoms with E-state index in [1.165, 1.54) is 10.5 Å². The number of pyridine rings is 1. The number of benzene rings is 1. The molecule has 0 aliphatic carbocycles.